The van der Waals surface area contributed by atoms with Gasteiger partial charge in [0.05, 0.1) is 11.6 Å². The number of hydrogen-bond donors (Lipinski definition) is 0. The fourth-order valence-corrected chi connectivity index (χ4v) is 2.27. The molecule has 0 unspecified atom stereocenters. The minimum atomic E-state index is 0.405. The zero-order valence-electron chi connectivity index (χ0n) is 7.84. The third-order valence-corrected chi connectivity index (χ3v) is 3.09. The molecule has 0 spiro atoms. The second-order valence-electron chi connectivity index (χ2n) is 3.66. The van der Waals surface area contributed by atoms with E-state index in [4.69, 9.17) is 23.2 Å². The largest absolute Gasteiger partial charge is 0.236 e. The van der Waals surface area contributed by atoms with Gasteiger partial charge in [-0.1, -0.05) is 24.4 Å². The van der Waals surface area contributed by atoms with Gasteiger partial charge >= 0.3 is 0 Å². The monoisotopic (exact) mass is 230 g/mol. The average Bonchev–Trinajstić information content (AvgIpc) is 2.69. The van der Waals surface area contributed by atoms with Gasteiger partial charge in [0.1, 0.15) is 11.0 Å². The summed E-state index contributed by atoms with van der Waals surface area (Å²) in [4.78, 5) is 8.67. The molecule has 2 rings (SSSR count). The van der Waals surface area contributed by atoms with Crippen molar-refractivity contribution in [2.45, 2.75) is 37.5 Å². The normalized spacial score (nSPS) is 17.6. The van der Waals surface area contributed by atoms with Crippen molar-refractivity contribution in [2.24, 2.45) is 0 Å². The summed E-state index contributed by atoms with van der Waals surface area (Å²) in [6, 6.07) is 1.73. The summed E-state index contributed by atoms with van der Waals surface area (Å²) in [6.45, 7) is 0. The van der Waals surface area contributed by atoms with Crippen molar-refractivity contribution in [3.8, 4) is 0 Å². The Balaban J connectivity index is 2.27. The van der Waals surface area contributed by atoms with Crippen molar-refractivity contribution in [2.75, 3.05) is 0 Å². The standard InChI is InChI=1S/C10H12Cl2N2/c11-6-8-5-9(12)14-10(13-8)7-3-1-2-4-7/h5,7H,1-4,6H2. The van der Waals surface area contributed by atoms with Crippen LogP contribution in [0.4, 0.5) is 0 Å². The lowest BCUT2D eigenvalue weighted by molar-refractivity contribution is 0.663. The fourth-order valence-electron chi connectivity index (χ4n) is 1.92. The second-order valence-corrected chi connectivity index (χ2v) is 4.31. The molecule has 1 fully saturated rings. The van der Waals surface area contributed by atoms with Crippen molar-refractivity contribution < 1.29 is 0 Å². The first-order valence-electron chi connectivity index (χ1n) is 4.89. The summed E-state index contributed by atoms with van der Waals surface area (Å²) >= 11 is 11.6. The van der Waals surface area contributed by atoms with Crippen LogP contribution in [-0.2, 0) is 5.88 Å². The summed E-state index contributed by atoms with van der Waals surface area (Å²) in [5, 5.41) is 0.512. The Labute approximate surface area is 93.7 Å². The number of halogens is 2. The molecule has 1 heterocycles. The molecular weight excluding hydrogens is 219 g/mol. The van der Waals surface area contributed by atoms with Crippen LogP contribution in [0.5, 0.6) is 0 Å². The van der Waals surface area contributed by atoms with E-state index < -0.39 is 0 Å². The molecule has 1 aliphatic carbocycles. The maximum atomic E-state index is 5.90. The average molecular weight is 231 g/mol. The van der Waals surface area contributed by atoms with Crippen LogP contribution in [0.15, 0.2) is 6.07 Å². The smallest absolute Gasteiger partial charge is 0.133 e. The van der Waals surface area contributed by atoms with Crippen LogP contribution in [0, 0.1) is 0 Å². The van der Waals surface area contributed by atoms with Crippen LogP contribution < -0.4 is 0 Å². The zero-order chi connectivity index (χ0) is 9.97. The van der Waals surface area contributed by atoms with Gasteiger partial charge in [0.2, 0.25) is 0 Å². The van der Waals surface area contributed by atoms with Crippen LogP contribution in [0.3, 0.4) is 0 Å². The van der Waals surface area contributed by atoms with Gasteiger partial charge in [-0.2, -0.15) is 0 Å². The van der Waals surface area contributed by atoms with Crippen molar-refractivity contribution in [3.05, 3.63) is 22.7 Å². The minimum absolute atomic E-state index is 0.405. The van der Waals surface area contributed by atoms with Gasteiger partial charge in [0, 0.05) is 5.92 Å². The molecule has 0 aliphatic heterocycles. The minimum Gasteiger partial charge on any atom is -0.236 e. The molecule has 4 heteroatoms. The van der Waals surface area contributed by atoms with Crippen molar-refractivity contribution in [3.63, 3.8) is 0 Å². The maximum Gasteiger partial charge on any atom is 0.133 e. The molecule has 0 bridgehead atoms. The van der Waals surface area contributed by atoms with Gasteiger partial charge < -0.3 is 0 Å². The Morgan fingerprint density at radius 1 is 1.29 bits per heavy atom. The van der Waals surface area contributed by atoms with E-state index in [1.165, 1.54) is 25.7 Å². The lowest BCUT2D eigenvalue weighted by Crippen LogP contribution is -2.02. The summed E-state index contributed by atoms with van der Waals surface area (Å²) in [5.74, 6) is 1.78. The van der Waals surface area contributed by atoms with Crippen LogP contribution in [-0.4, -0.2) is 9.97 Å². The van der Waals surface area contributed by atoms with Gasteiger partial charge in [-0.05, 0) is 18.9 Å². The fraction of sp³-hybridized carbons (Fsp3) is 0.600. The number of alkyl halides is 1. The van der Waals surface area contributed by atoms with E-state index in [2.05, 4.69) is 9.97 Å². The number of hydrogen-bond acceptors (Lipinski definition) is 2. The van der Waals surface area contributed by atoms with Gasteiger partial charge in [-0.15, -0.1) is 11.6 Å². The molecule has 0 atom stereocenters. The number of aromatic nitrogens is 2. The molecule has 1 aromatic heterocycles. The highest BCUT2D eigenvalue weighted by atomic mass is 35.5. The van der Waals surface area contributed by atoms with E-state index in [1.54, 1.807) is 6.07 Å². The molecular formula is C10H12Cl2N2. The number of rotatable bonds is 2. The molecule has 2 nitrogen and oxygen atoms in total. The zero-order valence-corrected chi connectivity index (χ0v) is 9.35. The highest BCUT2D eigenvalue weighted by molar-refractivity contribution is 6.29. The quantitative estimate of drug-likeness (QED) is 0.574. The molecule has 76 valence electrons. The molecule has 0 radical (unpaired) electrons. The third-order valence-electron chi connectivity index (χ3n) is 2.62. The van der Waals surface area contributed by atoms with Crippen LogP contribution in [0.1, 0.15) is 43.1 Å². The predicted molar refractivity (Wildman–Crippen MR) is 57.8 cm³/mol. The molecule has 0 saturated heterocycles. The summed E-state index contributed by atoms with van der Waals surface area (Å²) in [5.41, 5.74) is 0.827. The van der Waals surface area contributed by atoms with Crippen molar-refractivity contribution >= 4 is 23.2 Å². The molecule has 14 heavy (non-hydrogen) atoms. The maximum absolute atomic E-state index is 5.90. The van der Waals surface area contributed by atoms with Crippen molar-refractivity contribution in [1.29, 1.82) is 0 Å². The van der Waals surface area contributed by atoms with Crippen LogP contribution >= 0.6 is 23.2 Å². The van der Waals surface area contributed by atoms with Gasteiger partial charge in [-0.25, -0.2) is 9.97 Å². The first-order valence-corrected chi connectivity index (χ1v) is 5.80. The summed E-state index contributed by atoms with van der Waals surface area (Å²) in [6.07, 6.45) is 4.91. The topological polar surface area (TPSA) is 25.8 Å². The Hall–Kier alpha value is -0.340. The first-order chi connectivity index (χ1) is 6.79. The molecule has 1 aliphatic rings. The lowest BCUT2D eigenvalue weighted by atomic mass is 10.1. The van der Waals surface area contributed by atoms with Gasteiger partial charge in [-0.3, -0.25) is 0 Å². The molecule has 0 amide bonds. The summed E-state index contributed by atoms with van der Waals surface area (Å²) < 4.78 is 0. The molecule has 0 aromatic carbocycles. The van der Waals surface area contributed by atoms with E-state index in [9.17, 15) is 0 Å². The van der Waals surface area contributed by atoms with E-state index in [1.807, 2.05) is 0 Å². The molecule has 1 aromatic rings. The van der Waals surface area contributed by atoms with Crippen LogP contribution in [0.25, 0.3) is 0 Å². The highest BCUT2D eigenvalue weighted by Gasteiger charge is 2.20. The Morgan fingerprint density at radius 3 is 2.64 bits per heavy atom. The predicted octanol–water partition coefficient (Wildman–Crippen LogP) is 3.53. The Kier molecular flexibility index (Phi) is 3.24. The molecule has 1 saturated carbocycles. The number of nitrogens with zero attached hydrogens (tertiary/aromatic N) is 2. The lowest BCUT2D eigenvalue weighted by Gasteiger charge is -2.08. The Morgan fingerprint density at radius 2 is 2.00 bits per heavy atom. The highest BCUT2D eigenvalue weighted by Crippen LogP contribution is 2.32. The van der Waals surface area contributed by atoms with E-state index >= 15 is 0 Å². The van der Waals surface area contributed by atoms with Gasteiger partial charge in [0.25, 0.3) is 0 Å². The van der Waals surface area contributed by atoms with Gasteiger partial charge in [0.15, 0.2) is 0 Å². The SMILES string of the molecule is ClCc1cc(Cl)nc(C2CCCC2)n1. The molecule has 0 N–H and O–H groups in total. The van der Waals surface area contributed by atoms with Crippen LogP contribution in [0.2, 0.25) is 5.15 Å². The van der Waals surface area contributed by atoms with E-state index in [0.29, 0.717) is 17.0 Å². The summed E-state index contributed by atoms with van der Waals surface area (Å²) in [7, 11) is 0. The Bertz CT molecular complexity index is 322. The third kappa shape index (κ3) is 2.18. The van der Waals surface area contributed by atoms with E-state index in [0.717, 1.165) is 11.5 Å². The van der Waals surface area contributed by atoms with Crippen molar-refractivity contribution in [1.82, 2.24) is 9.97 Å². The van der Waals surface area contributed by atoms with E-state index in [-0.39, 0.29) is 0 Å². The first kappa shape index (κ1) is 10.2. The second kappa shape index (κ2) is 4.45.